The first kappa shape index (κ1) is 13.3. The Bertz CT molecular complexity index is 535. The van der Waals surface area contributed by atoms with E-state index in [2.05, 4.69) is 0 Å². The van der Waals surface area contributed by atoms with Crippen LogP contribution in [0.2, 0.25) is 5.02 Å². The molecule has 0 saturated heterocycles. The highest BCUT2D eigenvalue weighted by Crippen LogP contribution is 2.13. The predicted molar refractivity (Wildman–Crippen MR) is 73.8 cm³/mol. The van der Waals surface area contributed by atoms with Crippen molar-refractivity contribution in [2.75, 3.05) is 0 Å². The van der Waals surface area contributed by atoms with Crippen LogP contribution >= 0.6 is 11.6 Å². The molecule has 2 nitrogen and oxygen atoms in total. The molecule has 0 saturated carbocycles. The lowest BCUT2D eigenvalue weighted by atomic mass is 10.2. The van der Waals surface area contributed by atoms with Crippen LogP contribution in [0.3, 0.4) is 0 Å². The molecule has 94 valence electrons. The van der Waals surface area contributed by atoms with Gasteiger partial charge >= 0.3 is 0 Å². The van der Waals surface area contributed by atoms with Crippen molar-refractivity contribution in [3.63, 3.8) is 0 Å². The Balaban J connectivity index is 1.96. The molecule has 0 aromatic heterocycles. The minimum Gasteiger partial charge on any atom is -0.282 e. The zero-order chi connectivity index (χ0) is 13.0. The van der Waals surface area contributed by atoms with Gasteiger partial charge in [0.2, 0.25) is 0 Å². The topological polar surface area (TPSA) is 26.3 Å². The fourth-order valence-electron chi connectivity index (χ4n) is 1.42. The third-order valence-corrected chi connectivity index (χ3v) is 3.70. The summed E-state index contributed by atoms with van der Waals surface area (Å²) in [5.41, 5.74) is 2.08. The van der Waals surface area contributed by atoms with Crippen LogP contribution in [0.5, 0.6) is 0 Å². The first-order valence-electron chi connectivity index (χ1n) is 5.51. The molecule has 2 aromatic carbocycles. The summed E-state index contributed by atoms with van der Waals surface area (Å²) in [6.45, 7) is 2.29. The lowest BCUT2D eigenvalue weighted by Gasteiger charge is -2.04. The summed E-state index contributed by atoms with van der Waals surface area (Å²) in [7, 11) is 0. The van der Waals surface area contributed by atoms with Crippen LogP contribution in [0.1, 0.15) is 11.1 Å². The first-order chi connectivity index (χ1) is 8.65. The Morgan fingerprint density at radius 3 is 2.28 bits per heavy atom. The lowest BCUT2D eigenvalue weighted by molar-refractivity contribution is 0.337. The Morgan fingerprint density at radius 1 is 1.06 bits per heavy atom. The molecule has 0 amide bonds. The van der Waals surface area contributed by atoms with E-state index in [9.17, 15) is 4.21 Å². The van der Waals surface area contributed by atoms with Crippen LogP contribution < -0.4 is 0 Å². The number of halogens is 1. The van der Waals surface area contributed by atoms with Gasteiger partial charge in [0.25, 0.3) is 0 Å². The van der Waals surface area contributed by atoms with Crippen molar-refractivity contribution in [1.82, 2.24) is 0 Å². The van der Waals surface area contributed by atoms with Gasteiger partial charge in [-0.05, 0) is 36.8 Å². The highest BCUT2D eigenvalue weighted by molar-refractivity contribution is 7.80. The average Bonchev–Trinajstić information content (AvgIpc) is 2.38. The maximum absolute atomic E-state index is 11.9. The monoisotopic (exact) mass is 280 g/mol. The van der Waals surface area contributed by atoms with Crippen molar-refractivity contribution in [3.8, 4) is 0 Å². The van der Waals surface area contributed by atoms with Crippen LogP contribution in [0, 0.1) is 6.92 Å². The van der Waals surface area contributed by atoms with Gasteiger partial charge in [-0.3, -0.25) is 4.18 Å². The fraction of sp³-hybridized carbons (Fsp3) is 0.143. The number of hydrogen-bond acceptors (Lipinski definition) is 2. The minimum absolute atomic E-state index is 0.303. The smallest absolute Gasteiger partial charge is 0.189 e. The molecule has 4 heteroatoms. The zero-order valence-electron chi connectivity index (χ0n) is 9.93. The molecule has 0 N–H and O–H groups in total. The van der Waals surface area contributed by atoms with Gasteiger partial charge in [0.1, 0.15) is 0 Å². The fourth-order valence-corrected chi connectivity index (χ4v) is 2.28. The summed E-state index contributed by atoms with van der Waals surface area (Å²) in [6, 6.07) is 14.7. The number of benzene rings is 2. The highest BCUT2D eigenvalue weighted by Gasteiger charge is 2.04. The van der Waals surface area contributed by atoms with Crippen LogP contribution in [-0.2, 0) is 21.9 Å². The molecule has 0 aliphatic carbocycles. The molecule has 0 heterocycles. The quantitative estimate of drug-likeness (QED) is 0.849. The molecule has 1 atom stereocenters. The van der Waals surface area contributed by atoms with E-state index in [0.717, 1.165) is 11.1 Å². The summed E-state index contributed by atoms with van der Waals surface area (Å²) in [5, 5.41) is 0.679. The van der Waals surface area contributed by atoms with E-state index in [0.29, 0.717) is 16.5 Å². The van der Waals surface area contributed by atoms with E-state index in [4.69, 9.17) is 15.8 Å². The van der Waals surface area contributed by atoms with Crippen molar-refractivity contribution >= 4 is 22.7 Å². The minimum atomic E-state index is -1.43. The van der Waals surface area contributed by atoms with Crippen molar-refractivity contribution in [2.45, 2.75) is 18.4 Å². The van der Waals surface area contributed by atoms with Gasteiger partial charge < -0.3 is 0 Å². The standard InChI is InChI=1S/C14H13ClO2S/c1-11-2-8-14(9-3-11)18(16)17-10-12-4-6-13(15)7-5-12/h2-9H,10H2,1H3. The summed E-state index contributed by atoms with van der Waals surface area (Å²) in [5.74, 6) is 0. The highest BCUT2D eigenvalue weighted by atomic mass is 35.5. The SMILES string of the molecule is Cc1ccc(S(=O)OCc2ccc(Cl)cc2)cc1. The van der Waals surface area contributed by atoms with E-state index >= 15 is 0 Å². The Kier molecular flexibility index (Phi) is 4.53. The molecule has 18 heavy (non-hydrogen) atoms. The molecule has 0 bridgehead atoms. The molecule has 2 rings (SSSR count). The molecule has 1 unspecified atom stereocenters. The molecule has 0 spiro atoms. The van der Waals surface area contributed by atoms with Crippen LogP contribution in [-0.4, -0.2) is 4.21 Å². The lowest BCUT2D eigenvalue weighted by Crippen LogP contribution is -1.98. The second kappa shape index (κ2) is 6.14. The zero-order valence-corrected chi connectivity index (χ0v) is 11.5. The molecule has 0 aliphatic heterocycles. The van der Waals surface area contributed by atoms with Gasteiger partial charge in [-0.2, -0.15) is 0 Å². The molecular weight excluding hydrogens is 268 g/mol. The third kappa shape index (κ3) is 3.67. The molecule has 0 fully saturated rings. The van der Waals surface area contributed by atoms with Crippen molar-refractivity contribution in [2.24, 2.45) is 0 Å². The Hall–Kier alpha value is -1.16. The third-order valence-electron chi connectivity index (χ3n) is 2.46. The summed E-state index contributed by atoms with van der Waals surface area (Å²) in [6.07, 6.45) is 0. The first-order valence-corrected chi connectivity index (χ1v) is 6.96. The largest absolute Gasteiger partial charge is 0.282 e. The van der Waals surface area contributed by atoms with E-state index in [-0.39, 0.29) is 0 Å². The molecule has 0 radical (unpaired) electrons. The van der Waals surface area contributed by atoms with Crippen LogP contribution in [0.4, 0.5) is 0 Å². The maximum atomic E-state index is 11.9. The summed E-state index contributed by atoms with van der Waals surface area (Å²) in [4.78, 5) is 0.676. The summed E-state index contributed by atoms with van der Waals surface area (Å²) < 4.78 is 17.2. The number of aryl methyl sites for hydroxylation is 1. The molecule has 0 aliphatic rings. The number of hydrogen-bond donors (Lipinski definition) is 0. The van der Waals surface area contributed by atoms with Gasteiger partial charge in [0.15, 0.2) is 11.1 Å². The van der Waals surface area contributed by atoms with Gasteiger partial charge in [-0.1, -0.05) is 41.4 Å². The second-order valence-corrected chi connectivity index (χ2v) is 5.55. The van der Waals surface area contributed by atoms with E-state index in [1.54, 1.807) is 12.1 Å². The van der Waals surface area contributed by atoms with Crippen molar-refractivity contribution in [3.05, 3.63) is 64.7 Å². The Labute approximate surface area is 114 Å². The Morgan fingerprint density at radius 2 is 1.67 bits per heavy atom. The van der Waals surface area contributed by atoms with E-state index < -0.39 is 11.1 Å². The summed E-state index contributed by atoms with van der Waals surface area (Å²) >= 11 is 4.35. The predicted octanol–water partition coefficient (Wildman–Crippen LogP) is 3.89. The number of rotatable bonds is 4. The van der Waals surface area contributed by atoms with Crippen molar-refractivity contribution < 1.29 is 8.39 Å². The maximum Gasteiger partial charge on any atom is 0.189 e. The van der Waals surface area contributed by atoms with Gasteiger partial charge in [-0.25, -0.2) is 4.21 Å². The van der Waals surface area contributed by atoms with Gasteiger partial charge in [0.05, 0.1) is 11.5 Å². The van der Waals surface area contributed by atoms with Gasteiger partial charge in [0, 0.05) is 5.02 Å². The van der Waals surface area contributed by atoms with Crippen LogP contribution in [0.15, 0.2) is 53.4 Å². The average molecular weight is 281 g/mol. The molecular formula is C14H13ClO2S. The van der Waals surface area contributed by atoms with Crippen LogP contribution in [0.25, 0.3) is 0 Å². The van der Waals surface area contributed by atoms with E-state index in [1.165, 1.54) is 0 Å². The molecule has 2 aromatic rings. The normalized spacial score (nSPS) is 12.3. The van der Waals surface area contributed by atoms with Gasteiger partial charge in [-0.15, -0.1) is 0 Å². The van der Waals surface area contributed by atoms with E-state index in [1.807, 2.05) is 43.3 Å². The second-order valence-electron chi connectivity index (χ2n) is 3.94. The van der Waals surface area contributed by atoms with Crippen molar-refractivity contribution in [1.29, 1.82) is 0 Å².